The van der Waals surface area contributed by atoms with Crippen LogP contribution in [0.15, 0.2) is 47.5 Å². The smallest absolute Gasteiger partial charge is 0.261 e. The van der Waals surface area contributed by atoms with Gasteiger partial charge < -0.3 is 9.64 Å². The highest BCUT2D eigenvalue weighted by Gasteiger charge is 2.22. The van der Waals surface area contributed by atoms with Crippen LogP contribution in [0.1, 0.15) is 30.4 Å². The van der Waals surface area contributed by atoms with Crippen molar-refractivity contribution in [1.29, 1.82) is 0 Å². The predicted octanol–water partition coefficient (Wildman–Crippen LogP) is 3.47. The van der Waals surface area contributed by atoms with E-state index in [4.69, 9.17) is 4.74 Å². The van der Waals surface area contributed by atoms with E-state index in [1.807, 2.05) is 42.2 Å². The first-order chi connectivity index (χ1) is 14.1. The molecule has 0 atom stereocenters. The minimum absolute atomic E-state index is 0.0541. The Morgan fingerprint density at radius 3 is 2.93 bits per heavy atom. The van der Waals surface area contributed by atoms with Crippen molar-refractivity contribution in [3.63, 3.8) is 0 Å². The van der Waals surface area contributed by atoms with Crippen molar-refractivity contribution >= 4 is 22.5 Å². The van der Waals surface area contributed by atoms with Crippen molar-refractivity contribution in [3.8, 4) is 5.75 Å². The van der Waals surface area contributed by atoms with E-state index in [2.05, 4.69) is 4.98 Å². The van der Waals surface area contributed by atoms with Gasteiger partial charge in [0.2, 0.25) is 5.91 Å². The number of hydrogen-bond donors (Lipinski definition) is 0. The molecule has 1 aromatic heterocycles. The molecule has 0 aliphatic carbocycles. The molecule has 1 aliphatic rings. The van der Waals surface area contributed by atoms with E-state index in [0.29, 0.717) is 24.8 Å². The van der Waals surface area contributed by atoms with E-state index in [-0.39, 0.29) is 11.5 Å². The Bertz CT molecular complexity index is 1120. The van der Waals surface area contributed by atoms with Crippen molar-refractivity contribution in [2.24, 2.45) is 0 Å². The molecule has 2 aromatic carbocycles. The number of hydrogen-bond acceptors (Lipinski definition) is 4. The van der Waals surface area contributed by atoms with Gasteiger partial charge in [0, 0.05) is 25.2 Å². The number of ether oxygens (including phenoxy) is 1. The van der Waals surface area contributed by atoms with Gasteiger partial charge in [-0.15, -0.1) is 0 Å². The molecule has 1 aliphatic heterocycles. The van der Waals surface area contributed by atoms with Crippen LogP contribution in [0.25, 0.3) is 10.9 Å². The molecule has 4 rings (SSSR count). The van der Waals surface area contributed by atoms with Gasteiger partial charge in [-0.25, -0.2) is 4.98 Å². The lowest BCUT2D eigenvalue weighted by Gasteiger charge is -2.30. The third-order valence-electron chi connectivity index (χ3n) is 5.55. The average Bonchev–Trinajstić information content (AvgIpc) is 2.74. The number of rotatable bonds is 5. The first kappa shape index (κ1) is 19.2. The molecule has 0 fully saturated rings. The van der Waals surface area contributed by atoms with Gasteiger partial charge in [0.15, 0.2) is 0 Å². The van der Waals surface area contributed by atoms with E-state index >= 15 is 0 Å². The zero-order valence-electron chi connectivity index (χ0n) is 16.9. The minimum atomic E-state index is -0.0541. The van der Waals surface area contributed by atoms with Gasteiger partial charge in [0.1, 0.15) is 5.75 Å². The van der Waals surface area contributed by atoms with Crippen LogP contribution in [0.5, 0.6) is 5.75 Å². The number of carbonyl (C=O) groups excluding carboxylic acids is 1. The number of fused-ring (bicyclic) bond motifs is 2. The monoisotopic (exact) mass is 391 g/mol. The topological polar surface area (TPSA) is 64.4 Å². The lowest BCUT2D eigenvalue weighted by Crippen LogP contribution is -2.35. The van der Waals surface area contributed by atoms with Crippen molar-refractivity contribution in [3.05, 3.63) is 64.2 Å². The van der Waals surface area contributed by atoms with Gasteiger partial charge in [0.05, 0.1) is 24.3 Å². The van der Waals surface area contributed by atoms with Gasteiger partial charge in [-0.2, -0.15) is 0 Å². The third-order valence-corrected chi connectivity index (χ3v) is 5.55. The van der Waals surface area contributed by atoms with Gasteiger partial charge in [-0.3, -0.25) is 14.2 Å². The van der Waals surface area contributed by atoms with Gasteiger partial charge in [0.25, 0.3) is 5.56 Å². The Balaban J connectivity index is 1.45. The number of amides is 1. The highest BCUT2D eigenvalue weighted by Crippen LogP contribution is 2.31. The van der Waals surface area contributed by atoms with Crippen molar-refractivity contribution in [2.45, 2.75) is 39.2 Å². The first-order valence-corrected chi connectivity index (χ1v) is 10.0. The standard InChI is InChI=1S/C23H25N3O3/c1-16-6-3-8-19-22(16)24-15-25(23(19)28)12-5-9-21(27)26-13-4-7-17-14-18(29-2)10-11-20(17)26/h3,6,8,10-11,14-15H,4-5,7,9,12-13H2,1-2H3. The van der Waals surface area contributed by atoms with Crippen LogP contribution in [0.2, 0.25) is 0 Å². The van der Waals surface area contributed by atoms with E-state index in [9.17, 15) is 9.59 Å². The molecule has 150 valence electrons. The number of aromatic nitrogens is 2. The fourth-order valence-corrected chi connectivity index (χ4v) is 3.99. The second-order valence-electron chi connectivity index (χ2n) is 7.46. The molecular weight excluding hydrogens is 366 g/mol. The summed E-state index contributed by atoms with van der Waals surface area (Å²) in [5, 5.41) is 0.623. The molecule has 0 unspecified atom stereocenters. The highest BCUT2D eigenvalue weighted by molar-refractivity contribution is 5.94. The van der Waals surface area contributed by atoms with E-state index in [0.717, 1.165) is 47.5 Å². The van der Waals surface area contributed by atoms with Crippen LogP contribution >= 0.6 is 0 Å². The summed E-state index contributed by atoms with van der Waals surface area (Å²) in [6.07, 6.45) is 4.47. The summed E-state index contributed by atoms with van der Waals surface area (Å²) in [5.41, 5.74) is 3.80. The number of nitrogens with zero attached hydrogens (tertiary/aromatic N) is 3. The van der Waals surface area contributed by atoms with Crippen molar-refractivity contribution in [2.75, 3.05) is 18.6 Å². The molecule has 1 amide bonds. The van der Waals surface area contributed by atoms with E-state index in [1.165, 1.54) is 0 Å². The molecule has 6 heteroatoms. The molecule has 3 aromatic rings. The lowest BCUT2D eigenvalue weighted by molar-refractivity contribution is -0.118. The summed E-state index contributed by atoms with van der Waals surface area (Å²) >= 11 is 0. The quantitative estimate of drug-likeness (QED) is 0.668. The lowest BCUT2D eigenvalue weighted by atomic mass is 10.0. The number of carbonyl (C=O) groups is 1. The Morgan fingerprint density at radius 2 is 2.10 bits per heavy atom. The Labute approximate surface area is 169 Å². The molecule has 0 saturated heterocycles. The number of benzene rings is 2. The van der Waals surface area contributed by atoms with Crippen LogP contribution in [-0.4, -0.2) is 29.1 Å². The summed E-state index contributed by atoms with van der Waals surface area (Å²) in [6.45, 7) is 3.16. The van der Waals surface area contributed by atoms with Crippen molar-refractivity contribution in [1.82, 2.24) is 9.55 Å². The predicted molar refractivity (Wildman–Crippen MR) is 114 cm³/mol. The van der Waals surface area contributed by atoms with Gasteiger partial charge in [-0.05, 0) is 61.6 Å². The fourth-order valence-electron chi connectivity index (χ4n) is 3.99. The maximum Gasteiger partial charge on any atom is 0.261 e. The molecule has 0 radical (unpaired) electrons. The Kier molecular flexibility index (Phi) is 5.34. The SMILES string of the molecule is COc1ccc2c(c1)CCCN2C(=O)CCCn1cnc2c(C)cccc2c1=O. The van der Waals surface area contributed by atoms with Crippen LogP contribution < -0.4 is 15.2 Å². The van der Waals surface area contributed by atoms with Crippen LogP contribution in [-0.2, 0) is 17.8 Å². The summed E-state index contributed by atoms with van der Waals surface area (Å²) in [7, 11) is 1.65. The normalized spacial score (nSPS) is 13.4. The number of anilines is 1. The van der Waals surface area contributed by atoms with E-state index in [1.54, 1.807) is 24.1 Å². The number of methoxy groups -OCH3 is 1. The first-order valence-electron chi connectivity index (χ1n) is 10.0. The maximum atomic E-state index is 12.8. The zero-order valence-corrected chi connectivity index (χ0v) is 16.9. The maximum absolute atomic E-state index is 12.8. The molecule has 29 heavy (non-hydrogen) atoms. The zero-order chi connectivity index (χ0) is 20.4. The molecule has 0 saturated carbocycles. The average molecular weight is 391 g/mol. The highest BCUT2D eigenvalue weighted by atomic mass is 16.5. The van der Waals surface area contributed by atoms with Crippen LogP contribution in [0.4, 0.5) is 5.69 Å². The summed E-state index contributed by atoms with van der Waals surface area (Å²) in [6, 6.07) is 11.5. The number of para-hydroxylation sites is 1. The van der Waals surface area contributed by atoms with Crippen LogP contribution in [0.3, 0.4) is 0 Å². The summed E-state index contributed by atoms with van der Waals surface area (Å²) < 4.78 is 6.90. The van der Waals surface area contributed by atoms with Crippen molar-refractivity contribution < 1.29 is 9.53 Å². The van der Waals surface area contributed by atoms with E-state index < -0.39 is 0 Å². The fraction of sp³-hybridized carbons (Fsp3) is 0.348. The second-order valence-corrected chi connectivity index (χ2v) is 7.46. The molecule has 0 spiro atoms. The largest absolute Gasteiger partial charge is 0.497 e. The molecule has 0 N–H and O–H groups in total. The number of aryl methyl sites for hydroxylation is 3. The molecule has 2 heterocycles. The van der Waals surface area contributed by atoms with Gasteiger partial charge in [-0.1, -0.05) is 12.1 Å². The molecule has 0 bridgehead atoms. The molecule has 6 nitrogen and oxygen atoms in total. The van der Waals surface area contributed by atoms with Crippen LogP contribution in [0, 0.1) is 6.92 Å². The Morgan fingerprint density at radius 1 is 1.24 bits per heavy atom. The summed E-state index contributed by atoms with van der Waals surface area (Å²) in [4.78, 5) is 31.8. The molecular formula is C23H25N3O3. The minimum Gasteiger partial charge on any atom is -0.497 e. The summed E-state index contributed by atoms with van der Waals surface area (Å²) in [5.74, 6) is 0.908. The Hall–Kier alpha value is -3.15. The van der Waals surface area contributed by atoms with Gasteiger partial charge >= 0.3 is 0 Å². The second kappa shape index (κ2) is 8.07. The third kappa shape index (κ3) is 3.75.